The van der Waals surface area contributed by atoms with Crippen molar-refractivity contribution in [1.82, 2.24) is 9.13 Å². The van der Waals surface area contributed by atoms with Crippen molar-refractivity contribution in [3.05, 3.63) is 92.7 Å². The van der Waals surface area contributed by atoms with Gasteiger partial charge in [-0.05, 0) is 48.0 Å². The van der Waals surface area contributed by atoms with E-state index in [0.29, 0.717) is 16.4 Å². The molecule has 0 unspecified atom stereocenters. The van der Waals surface area contributed by atoms with Gasteiger partial charge in [0.25, 0.3) is 5.91 Å². The predicted octanol–water partition coefficient (Wildman–Crippen LogP) is 5.19. The fourth-order valence-electron chi connectivity index (χ4n) is 3.94. The first-order valence-corrected chi connectivity index (χ1v) is 9.38. The van der Waals surface area contributed by atoms with Crippen molar-refractivity contribution in [3.8, 4) is 11.4 Å². The summed E-state index contributed by atoms with van der Waals surface area (Å²) in [4.78, 5) is 25.9. The van der Waals surface area contributed by atoms with Gasteiger partial charge in [-0.15, -0.1) is 0 Å². The summed E-state index contributed by atoms with van der Waals surface area (Å²) in [6, 6.07) is 13.2. The van der Waals surface area contributed by atoms with Gasteiger partial charge >= 0.3 is 6.18 Å². The zero-order valence-corrected chi connectivity index (χ0v) is 16.0. The van der Waals surface area contributed by atoms with Crippen LogP contribution < -0.4 is 5.43 Å². The van der Waals surface area contributed by atoms with Gasteiger partial charge in [-0.3, -0.25) is 14.2 Å². The number of fused-ring (bicyclic) bond motifs is 4. The molecular formula is C22H12ClF3N2O2. The van der Waals surface area contributed by atoms with E-state index >= 15 is 0 Å². The molecule has 2 aromatic carbocycles. The number of rotatable bonds is 2. The van der Waals surface area contributed by atoms with Crippen LogP contribution in [-0.2, 0) is 12.7 Å². The fourth-order valence-corrected chi connectivity index (χ4v) is 4.15. The zero-order valence-electron chi connectivity index (χ0n) is 15.2. The molecule has 0 fully saturated rings. The number of aromatic nitrogens is 2. The van der Waals surface area contributed by atoms with Gasteiger partial charge in [-0.1, -0.05) is 23.7 Å². The van der Waals surface area contributed by atoms with Gasteiger partial charge in [0.2, 0.25) is 5.43 Å². The first-order valence-electron chi connectivity index (χ1n) is 9.00. The van der Waals surface area contributed by atoms with Crippen molar-refractivity contribution in [3.63, 3.8) is 0 Å². The maximum atomic E-state index is 13.4. The third kappa shape index (κ3) is 2.69. The van der Waals surface area contributed by atoms with Gasteiger partial charge in [0, 0.05) is 23.2 Å². The average Bonchev–Trinajstić information content (AvgIpc) is 3.27. The molecule has 3 heterocycles. The van der Waals surface area contributed by atoms with Crippen LogP contribution in [0.2, 0.25) is 5.02 Å². The second kappa shape index (κ2) is 6.34. The highest BCUT2D eigenvalue weighted by molar-refractivity contribution is 6.30. The van der Waals surface area contributed by atoms with Gasteiger partial charge in [0.15, 0.2) is 0 Å². The van der Waals surface area contributed by atoms with E-state index in [9.17, 15) is 22.8 Å². The number of nitrogens with zero attached hydrogens (tertiary/aromatic N) is 2. The molecule has 0 radical (unpaired) electrons. The minimum Gasteiger partial charge on any atom is -0.334 e. The van der Waals surface area contributed by atoms with Gasteiger partial charge < -0.3 is 4.57 Å². The summed E-state index contributed by atoms with van der Waals surface area (Å²) >= 11 is 6.08. The number of hydrogen-bond acceptors (Lipinski definition) is 2. The molecule has 0 amide bonds. The van der Waals surface area contributed by atoms with E-state index in [2.05, 4.69) is 0 Å². The van der Waals surface area contributed by atoms with Gasteiger partial charge in [0.1, 0.15) is 5.56 Å². The van der Waals surface area contributed by atoms with Crippen LogP contribution in [0.15, 0.2) is 65.6 Å². The van der Waals surface area contributed by atoms with Crippen molar-refractivity contribution < 1.29 is 18.0 Å². The Balaban J connectivity index is 1.89. The van der Waals surface area contributed by atoms with E-state index in [4.69, 9.17) is 11.6 Å². The predicted molar refractivity (Wildman–Crippen MR) is 107 cm³/mol. The number of pyridine rings is 1. The molecule has 1 aliphatic rings. The summed E-state index contributed by atoms with van der Waals surface area (Å²) in [5.74, 6) is -0.489. The van der Waals surface area contributed by atoms with E-state index in [1.54, 1.807) is 41.0 Å². The van der Waals surface area contributed by atoms with E-state index in [1.807, 2.05) is 0 Å². The molecule has 150 valence electrons. The molecule has 8 heteroatoms. The Morgan fingerprint density at radius 3 is 2.50 bits per heavy atom. The second-order valence-corrected chi connectivity index (χ2v) is 7.50. The Hall–Kier alpha value is -3.32. The standard InChI is InChI=1S/C22H12ClF3N2O2/c23-14-4-1-3-12(9-14)11-28-17-10-13(22(24,25)26)6-7-15(17)20(29)18-19(28)16-5-2-8-27(16)21(18)30/h1-10H,11H2. The van der Waals surface area contributed by atoms with Crippen LogP contribution in [0.4, 0.5) is 13.2 Å². The first-order chi connectivity index (χ1) is 14.3. The molecular weight excluding hydrogens is 417 g/mol. The maximum absolute atomic E-state index is 13.4. The van der Waals surface area contributed by atoms with E-state index in [-0.39, 0.29) is 23.0 Å². The van der Waals surface area contributed by atoms with Crippen LogP contribution in [0.3, 0.4) is 0 Å². The summed E-state index contributed by atoms with van der Waals surface area (Å²) < 4.78 is 43.1. The van der Waals surface area contributed by atoms with Crippen molar-refractivity contribution in [2.24, 2.45) is 0 Å². The third-order valence-electron chi connectivity index (χ3n) is 5.25. The van der Waals surface area contributed by atoms with E-state index in [1.165, 1.54) is 10.8 Å². The molecule has 2 aromatic heterocycles. The van der Waals surface area contributed by atoms with Gasteiger partial charge in [-0.2, -0.15) is 13.2 Å². The van der Waals surface area contributed by atoms with Crippen LogP contribution in [0.5, 0.6) is 0 Å². The lowest BCUT2D eigenvalue weighted by Gasteiger charge is -2.18. The molecule has 5 rings (SSSR count). The second-order valence-electron chi connectivity index (χ2n) is 7.07. The lowest BCUT2D eigenvalue weighted by atomic mass is 10.0. The number of benzene rings is 2. The Kier molecular flexibility index (Phi) is 3.95. The van der Waals surface area contributed by atoms with E-state index in [0.717, 1.165) is 23.8 Å². The molecule has 0 aliphatic carbocycles. The highest BCUT2D eigenvalue weighted by Gasteiger charge is 2.35. The summed E-state index contributed by atoms with van der Waals surface area (Å²) in [6.45, 7) is 0.138. The highest BCUT2D eigenvalue weighted by atomic mass is 35.5. The maximum Gasteiger partial charge on any atom is 0.416 e. The lowest BCUT2D eigenvalue weighted by Crippen LogP contribution is -2.21. The van der Waals surface area contributed by atoms with Gasteiger partial charge in [-0.25, -0.2) is 0 Å². The van der Waals surface area contributed by atoms with Crippen molar-refractivity contribution in [2.75, 3.05) is 0 Å². The molecule has 0 saturated carbocycles. The molecule has 0 spiro atoms. The fraction of sp³-hybridized carbons (Fsp3) is 0.0909. The third-order valence-corrected chi connectivity index (χ3v) is 5.48. The van der Waals surface area contributed by atoms with Crippen molar-refractivity contribution in [1.29, 1.82) is 0 Å². The SMILES string of the molecule is O=C1c2c(n(Cc3cccc(Cl)c3)c3cc(C(F)(F)F)ccc3c2=O)-c2cccn21. The smallest absolute Gasteiger partial charge is 0.334 e. The van der Waals surface area contributed by atoms with Gasteiger partial charge in [0.05, 0.1) is 22.5 Å². The molecule has 1 aliphatic heterocycles. The number of carbonyl (C=O) groups excluding carboxylic acids is 1. The van der Waals surface area contributed by atoms with Crippen molar-refractivity contribution in [2.45, 2.75) is 12.7 Å². The van der Waals surface area contributed by atoms with Crippen LogP contribution in [0.1, 0.15) is 21.5 Å². The van der Waals surface area contributed by atoms with Crippen LogP contribution in [0, 0.1) is 0 Å². The minimum atomic E-state index is -4.57. The lowest BCUT2D eigenvalue weighted by molar-refractivity contribution is -0.137. The first kappa shape index (κ1) is 18.7. The summed E-state index contributed by atoms with van der Waals surface area (Å²) in [5, 5.41) is 0.535. The Morgan fingerprint density at radius 2 is 1.77 bits per heavy atom. The molecule has 0 saturated heterocycles. The van der Waals surface area contributed by atoms with Crippen molar-refractivity contribution >= 4 is 28.4 Å². The van der Waals surface area contributed by atoms with E-state index < -0.39 is 23.1 Å². The molecule has 30 heavy (non-hydrogen) atoms. The number of alkyl halides is 3. The monoisotopic (exact) mass is 428 g/mol. The number of carbonyl (C=O) groups is 1. The summed E-state index contributed by atoms with van der Waals surface area (Å²) in [5.41, 5.74) is 0.120. The molecule has 4 nitrogen and oxygen atoms in total. The highest BCUT2D eigenvalue weighted by Crippen LogP contribution is 2.36. The Morgan fingerprint density at radius 1 is 0.967 bits per heavy atom. The number of hydrogen-bond donors (Lipinski definition) is 0. The molecule has 0 N–H and O–H groups in total. The average molecular weight is 429 g/mol. The normalized spacial score (nSPS) is 13.0. The largest absolute Gasteiger partial charge is 0.416 e. The quantitative estimate of drug-likeness (QED) is 0.388. The van der Waals surface area contributed by atoms with Crippen LogP contribution in [0.25, 0.3) is 22.3 Å². The molecule has 0 atom stereocenters. The van der Waals surface area contributed by atoms with Crippen LogP contribution >= 0.6 is 11.6 Å². The Labute approximate surface area is 172 Å². The Bertz CT molecular complexity index is 1420. The topological polar surface area (TPSA) is 44.0 Å². The van der Waals surface area contributed by atoms with Crippen LogP contribution in [-0.4, -0.2) is 15.0 Å². The number of halogens is 4. The summed E-state index contributed by atoms with van der Waals surface area (Å²) in [7, 11) is 0. The molecule has 0 bridgehead atoms. The molecule has 4 aromatic rings. The summed E-state index contributed by atoms with van der Waals surface area (Å²) in [6.07, 6.45) is -3.03. The zero-order chi connectivity index (χ0) is 21.2. The minimum absolute atomic E-state index is 0.0418.